The minimum absolute atomic E-state index is 0.121. The second kappa shape index (κ2) is 9.38. The number of ether oxygens (including phenoxy) is 1. The summed E-state index contributed by atoms with van der Waals surface area (Å²) in [6.07, 6.45) is 0.870. The Hall–Kier alpha value is -2.34. The van der Waals surface area contributed by atoms with E-state index < -0.39 is 0 Å². The van der Waals surface area contributed by atoms with Crippen molar-refractivity contribution < 1.29 is 14.3 Å². The predicted molar refractivity (Wildman–Crippen MR) is 107 cm³/mol. The first kappa shape index (κ1) is 20.0. The molecule has 0 heterocycles. The summed E-state index contributed by atoms with van der Waals surface area (Å²) in [6, 6.07) is 12.2. The van der Waals surface area contributed by atoms with Gasteiger partial charge in [-0.25, -0.2) is 0 Å². The summed E-state index contributed by atoms with van der Waals surface area (Å²) in [6.45, 7) is 6.32. The third-order valence-electron chi connectivity index (χ3n) is 3.88. The van der Waals surface area contributed by atoms with Crippen LogP contribution in [0, 0.1) is 0 Å². The van der Waals surface area contributed by atoms with Gasteiger partial charge in [-0.05, 0) is 62.7 Å². The Kier molecular flexibility index (Phi) is 7.21. The van der Waals surface area contributed by atoms with Gasteiger partial charge >= 0.3 is 0 Å². The van der Waals surface area contributed by atoms with Crippen molar-refractivity contribution in [2.24, 2.45) is 0 Å². The molecule has 2 rings (SSSR count). The Morgan fingerprint density at radius 2 is 1.77 bits per heavy atom. The standard InChI is InChI=1S/C20H23BrN2O3/c1-4-13(3)22-19(24)14-6-9-16(10-7-14)23-20(25)17-12-15(21)8-11-18(17)26-5-2/h6-13H,4-5H2,1-3H3,(H,22,24)(H,23,25). The van der Waals surface area contributed by atoms with Crippen LogP contribution in [0.4, 0.5) is 5.69 Å². The van der Waals surface area contributed by atoms with Crippen molar-refractivity contribution in [2.75, 3.05) is 11.9 Å². The zero-order valence-corrected chi connectivity index (χ0v) is 16.7. The maximum absolute atomic E-state index is 12.6. The quantitative estimate of drug-likeness (QED) is 0.688. The fraction of sp³-hybridized carbons (Fsp3) is 0.300. The van der Waals surface area contributed by atoms with Crippen molar-refractivity contribution in [3.63, 3.8) is 0 Å². The van der Waals surface area contributed by atoms with Crippen LogP contribution >= 0.6 is 15.9 Å². The summed E-state index contributed by atoms with van der Waals surface area (Å²) in [5, 5.41) is 5.74. The molecule has 2 N–H and O–H groups in total. The Morgan fingerprint density at radius 1 is 1.08 bits per heavy atom. The molecule has 2 amide bonds. The summed E-state index contributed by atoms with van der Waals surface area (Å²) in [4.78, 5) is 24.7. The van der Waals surface area contributed by atoms with Gasteiger partial charge in [0.05, 0.1) is 12.2 Å². The molecule has 0 saturated heterocycles. The number of benzene rings is 2. The van der Waals surface area contributed by atoms with Gasteiger partial charge < -0.3 is 15.4 Å². The van der Waals surface area contributed by atoms with E-state index in [1.165, 1.54) is 0 Å². The van der Waals surface area contributed by atoms with E-state index in [-0.39, 0.29) is 17.9 Å². The average Bonchev–Trinajstić information content (AvgIpc) is 2.63. The first-order valence-corrected chi connectivity index (χ1v) is 9.38. The molecular weight excluding hydrogens is 396 g/mol. The lowest BCUT2D eigenvalue weighted by Crippen LogP contribution is -2.31. The summed E-state index contributed by atoms with van der Waals surface area (Å²) >= 11 is 3.37. The summed E-state index contributed by atoms with van der Waals surface area (Å²) in [5.41, 5.74) is 1.61. The maximum atomic E-state index is 12.6. The zero-order valence-electron chi connectivity index (χ0n) is 15.1. The van der Waals surface area contributed by atoms with Crippen molar-refractivity contribution in [2.45, 2.75) is 33.2 Å². The molecule has 26 heavy (non-hydrogen) atoms. The SMILES string of the molecule is CCOc1ccc(Br)cc1C(=O)Nc1ccc(C(=O)NC(C)CC)cc1. The predicted octanol–water partition coefficient (Wildman–Crippen LogP) is 4.63. The van der Waals surface area contributed by atoms with Gasteiger partial charge in [0.1, 0.15) is 5.75 Å². The van der Waals surface area contributed by atoms with Gasteiger partial charge in [-0.3, -0.25) is 9.59 Å². The minimum Gasteiger partial charge on any atom is -0.493 e. The third kappa shape index (κ3) is 5.33. The van der Waals surface area contributed by atoms with E-state index >= 15 is 0 Å². The minimum atomic E-state index is -0.272. The monoisotopic (exact) mass is 418 g/mol. The van der Waals surface area contributed by atoms with Crippen molar-refractivity contribution in [1.82, 2.24) is 5.32 Å². The van der Waals surface area contributed by atoms with E-state index in [1.807, 2.05) is 26.8 Å². The largest absolute Gasteiger partial charge is 0.493 e. The highest BCUT2D eigenvalue weighted by Crippen LogP contribution is 2.24. The van der Waals surface area contributed by atoms with Crippen LogP contribution in [0.3, 0.4) is 0 Å². The highest BCUT2D eigenvalue weighted by molar-refractivity contribution is 9.10. The summed E-state index contributed by atoms with van der Waals surface area (Å²) in [7, 11) is 0. The summed E-state index contributed by atoms with van der Waals surface area (Å²) in [5.74, 6) is 0.132. The molecule has 2 aromatic rings. The highest BCUT2D eigenvalue weighted by Gasteiger charge is 2.14. The Morgan fingerprint density at radius 3 is 2.38 bits per heavy atom. The van der Waals surface area contributed by atoms with Crippen LogP contribution in [0.2, 0.25) is 0 Å². The molecule has 2 aromatic carbocycles. The number of amides is 2. The van der Waals surface area contributed by atoms with Gasteiger partial charge in [0.2, 0.25) is 0 Å². The van der Waals surface area contributed by atoms with Crippen LogP contribution in [-0.2, 0) is 0 Å². The molecule has 6 heteroatoms. The van der Waals surface area contributed by atoms with Crippen LogP contribution < -0.4 is 15.4 Å². The topological polar surface area (TPSA) is 67.4 Å². The van der Waals surface area contributed by atoms with Gasteiger partial charge in [-0.2, -0.15) is 0 Å². The van der Waals surface area contributed by atoms with E-state index in [2.05, 4.69) is 26.6 Å². The number of hydrogen-bond donors (Lipinski definition) is 2. The smallest absolute Gasteiger partial charge is 0.259 e. The molecule has 5 nitrogen and oxygen atoms in total. The molecule has 138 valence electrons. The molecule has 0 aromatic heterocycles. The van der Waals surface area contributed by atoms with Crippen LogP contribution in [0.25, 0.3) is 0 Å². The number of nitrogens with one attached hydrogen (secondary N) is 2. The Balaban J connectivity index is 2.10. The Bertz CT molecular complexity index is 775. The number of carbonyl (C=O) groups is 2. The van der Waals surface area contributed by atoms with E-state index in [0.29, 0.717) is 29.2 Å². The molecule has 1 atom stereocenters. The lowest BCUT2D eigenvalue weighted by molar-refractivity contribution is 0.0938. The van der Waals surface area contributed by atoms with Gasteiger partial charge in [-0.1, -0.05) is 22.9 Å². The number of rotatable bonds is 7. The number of carbonyl (C=O) groups excluding carboxylic acids is 2. The second-order valence-electron chi connectivity index (χ2n) is 5.89. The molecule has 0 aliphatic rings. The van der Waals surface area contributed by atoms with E-state index in [9.17, 15) is 9.59 Å². The molecule has 0 radical (unpaired) electrons. The molecule has 0 saturated carbocycles. The molecule has 1 unspecified atom stereocenters. The van der Waals surface area contributed by atoms with Crippen molar-refractivity contribution in [3.05, 3.63) is 58.1 Å². The average molecular weight is 419 g/mol. The van der Waals surface area contributed by atoms with Crippen LogP contribution in [0.5, 0.6) is 5.75 Å². The van der Waals surface area contributed by atoms with Gasteiger partial charge in [0, 0.05) is 21.8 Å². The normalized spacial score (nSPS) is 11.5. The lowest BCUT2D eigenvalue weighted by atomic mass is 10.1. The first-order valence-electron chi connectivity index (χ1n) is 8.59. The number of halogens is 1. The molecule has 0 aliphatic carbocycles. The molecule has 0 spiro atoms. The van der Waals surface area contributed by atoms with Gasteiger partial charge in [0.15, 0.2) is 0 Å². The van der Waals surface area contributed by atoms with Crippen molar-refractivity contribution in [1.29, 1.82) is 0 Å². The second-order valence-corrected chi connectivity index (χ2v) is 6.80. The van der Waals surface area contributed by atoms with Gasteiger partial charge in [0.25, 0.3) is 11.8 Å². The van der Waals surface area contributed by atoms with Crippen LogP contribution in [0.15, 0.2) is 46.9 Å². The van der Waals surface area contributed by atoms with E-state index in [1.54, 1.807) is 36.4 Å². The number of anilines is 1. The first-order chi connectivity index (χ1) is 12.4. The van der Waals surface area contributed by atoms with Crippen molar-refractivity contribution >= 4 is 33.4 Å². The van der Waals surface area contributed by atoms with Crippen LogP contribution in [-0.4, -0.2) is 24.5 Å². The highest BCUT2D eigenvalue weighted by atomic mass is 79.9. The van der Waals surface area contributed by atoms with Crippen LogP contribution in [0.1, 0.15) is 47.9 Å². The van der Waals surface area contributed by atoms with Gasteiger partial charge in [-0.15, -0.1) is 0 Å². The van der Waals surface area contributed by atoms with Crippen molar-refractivity contribution in [3.8, 4) is 5.75 Å². The fourth-order valence-corrected chi connectivity index (χ4v) is 2.63. The molecule has 0 fully saturated rings. The molecule has 0 aliphatic heterocycles. The third-order valence-corrected chi connectivity index (χ3v) is 4.37. The molecule has 0 bridgehead atoms. The Labute approximate surface area is 162 Å². The summed E-state index contributed by atoms with van der Waals surface area (Å²) < 4.78 is 6.31. The zero-order chi connectivity index (χ0) is 19.1. The number of hydrogen-bond acceptors (Lipinski definition) is 3. The van der Waals surface area contributed by atoms with E-state index in [0.717, 1.165) is 10.9 Å². The molecular formula is C20H23BrN2O3. The lowest BCUT2D eigenvalue weighted by Gasteiger charge is -2.13. The van der Waals surface area contributed by atoms with E-state index in [4.69, 9.17) is 4.74 Å². The maximum Gasteiger partial charge on any atom is 0.259 e. The fourth-order valence-electron chi connectivity index (χ4n) is 2.27.